The van der Waals surface area contributed by atoms with Crippen LogP contribution in [0.15, 0.2) is 0 Å². The van der Waals surface area contributed by atoms with Crippen molar-refractivity contribution in [1.29, 1.82) is 0 Å². The van der Waals surface area contributed by atoms with Crippen LogP contribution in [0.1, 0.15) is 40.5 Å². The minimum Gasteiger partial charge on any atom is -0.390 e. The normalized spacial score (nSPS) is 58.6. The smallest absolute Gasteiger partial charge is 0.0938 e. The fourth-order valence-electron chi connectivity index (χ4n) is 3.71. The zero-order valence-corrected chi connectivity index (χ0v) is 8.96. The van der Waals surface area contributed by atoms with E-state index in [-0.39, 0.29) is 16.7 Å². The van der Waals surface area contributed by atoms with E-state index in [4.69, 9.17) is 0 Å². The first-order valence-corrected chi connectivity index (χ1v) is 5.15. The first-order chi connectivity index (χ1) is 5.75. The minimum absolute atomic E-state index is 0.0654. The highest BCUT2D eigenvalue weighted by Crippen LogP contribution is 2.69. The van der Waals surface area contributed by atoms with Crippen LogP contribution in [0.25, 0.3) is 0 Å². The standard InChI is InChI=1S/C11H20O2/c1-9(2)7-5-6-10(9,3)11(4,13)8(7)12/h7-8,12-13H,5-6H2,1-4H3/t7-,8-,10+,11+/m0/s1. The van der Waals surface area contributed by atoms with E-state index in [0.717, 1.165) is 12.8 Å². The van der Waals surface area contributed by atoms with E-state index in [1.807, 2.05) is 0 Å². The maximum Gasteiger partial charge on any atom is 0.0938 e. The summed E-state index contributed by atoms with van der Waals surface area (Å²) in [6, 6.07) is 0. The highest BCUT2D eigenvalue weighted by molar-refractivity contribution is 5.20. The molecular formula is C11H20O2. The van der Waals surface area contributed by atoms with Crippen LogP contribution in [0.5, 0.6) is 0 Å². The molecule has 2 saturated carbocycles. The molecule has 0 spiro atoms. The van der Waals surface area contributed by atoms with E-state index >= 15 is 0 Å². The van der Waals surface area contributed by atoms with Crippen LogP contribution in [0, 0.1) is 16.7 Å². The maximum absolute atomic E-state index is 10.3. The van der Waals surface area contributed by atoms with Gasteiger partial charge in [0, 0.05) is 5.41 Å². The number of hydrogen-bond acceptors (Lipinski definition) is 2. The summed E-state index contributed by atoms with van der Waals surface area (Å²) in [5, 5.41) is 20.3. The Morgan fingerprint density at radius 3 is 1.92 bits per heavy atom. The summed E-state index contributed by atoms with van der Waals surface area (Å²) >= 11 is 0. The van der Waals surface area contributed by atoms with Gasteiger partial charge >= 0.3 is 0 Å². The summed E-state index contributed by atoms with van der Waals surface area (Å²) in [4.78, 5) is 0. The van der Waals surface area contributed by atoms with E-state index in [9.17, 15) is 10.2 Å². The van der Waals surface area contributed by atoms with Gasteiger partial charge in [-0.05, 0) is 31.1 Å². The third-order valence-corrected chi connectivity index (χ3v) is 5.38. The van der Waals surface area contributed by atoms with E-state index in [1.165, 1.54) is 0 Å². The van der Waals surface area contributed by atoms with Gasteiger partial charge in [-0.2, -0.15) is 0 Å². The number of fused-ring (bicyclic) bond motifs is 2. The molecule has 0 saturated heterocycles. The van der Waals surface area contributed by atoms with Crippen molar-refractivity contribution >= 4 is 0 Å². The molecular weight excluding hydrogens is 164 g/mol. The van der Waals surface area contributed by atoms with Gasteiger partial charge in [0.15, 0.2) is 0 Å². The van der Waals surface area contributed by atoms with E-state index in [0.29, 0.717) is 0 Å². The van der Waals surface area contributed by atoms with Crippen molar-refractivity contribution < 1.29 is 10.2 Å². The van der Waals surface area contributed by atoms with Crippen molar-refractivity contribution in [2.45, 2.75) is 52.2 Å². The first-order valence-electron chi connectivity index (χ1n) is 5.15. The van der Waals surface area contributed by atoms with Gasteiger partial charge in [0.25, 0.3) is 0 Å². The number of aliphatic hydroxyl groups excluding tert-OH is 1. The predicted molar refractivity (Wildman–Crippen MR) is 51.2 cm³/mol. The molecule has 0 aliphatic heterocycles. The first kappa shape index (κ1) is 9.47. The molecule has 76 valence electrons. The largest absolute Gasteiger partial charge is 0.390 e. The van der Waals surface area contributed by atoms with Crippen LogP contribution >= 0.6 is 0 Å². The molecule has 2 nitrogen and oxygen atoms in total. The zero-order valence-electron chi connectivity index (χ0n) is 8.96. The lowest BCUT2D eigenvalue weighted by Crippen LogP contribution is -2.51. The highest BCUT2D eigenvalue weighted by Gasteiger charge is 2.71. The van der Waals surface area contributed by atoms with E-state index in [1.54, 1.807) is 6.92 Å². The summed E-state index contributed by atoms with van der Waals surface area (Å²) in [5.41, 5.74) is -0.959. The quantitative estimate of drug-likeness (QED) is 0.599. The predicted octanol–water partition coefficient (Wildman–Crippen LogP) is 1.55. The maximum atomic E-state index is 10.3. The molecule has 2 aliphatic carbocycles. The Bertz CT molecular complexity index is 234. The monoisotopic (exact) mass is 184 g/mol. The second-order valence-electron chi connectivity index (χ2n) is 5.79. The molecule has 0 unspecified atom stereocenters. The van der Waals surface area contributed by atoms with Crippen LogP contribution in [-0.4, -0.2) is 21.9 Å². The Morgan fingerprint density at radius 1 is 1.15 bits per heavy atom. The Hall–Kier alpha value is -0.0800. The molecule has 2 bridgehead atoms. The molecule has 0 heterocycles. The van der Waals surface area contributed by atoms with Gasteiger partial charge < -0.3 is 10.2 Å². The zero-order chi connectivity index (χ0) is 10.1. The van der Waals surface area contributed by atoms with Crippen LogP contribution in [0.2, 0.25) is 0 Å². The highest BCUT2D eigenvalue weighted by atomic mass is 16.3. The summed E-state index contributed by atoms with van der Waals surface area (Å²) in [6.45, 7) is 8.26. The van der Waals surface area contributed by atoms with Crippen molar-refractivity contribution in [3.05, 3.63) is 0 Å². The topological polar surface area (TPSA) is 40.5 Å². The van der Waals surface area contributed by atoms with Crippen LogP contribution in [0.4, 0.5) is 0 Å². The summed E-state index contributed by atoms with van der Waals surface area (Å²) in [6.07, 6.45) is 1.55. The summed E-state index contributed by atoms with van der Waals surface area (Å²) in [5.74, 6) is 0.271. The molecule has 2 aliphatic rings. The molecule has 4 atom stereocenters. The van der Waals surface area contributed by atoms with E-state index in [2.05, 4.69) is 20.8 Å². The van der Waals surface area contributed by atoms with Gasteiger partial charge in [-0.1, -0.05) is 20.8 Å². The van der Waals surface area contributed by atoms with Gasteiger partial charge in [-0.3, -0.25) is 0 Å². The average molecular weight is 184 g/mol. The Balaban J connectivity index is 2.53. The number of aliphatic hydroxyl groups is 2. The second kappa shape index (κ2) is 2.12. The Kier molecular flexibility index (Phi) is 1.54. The van der Waals surface area contributed by atoms with Crippen molar-refractivity contribution in [2.75, 3.05) is 0 Å². The summed E-state index contributed by atoms with van der Waals surface area (Å²) < 4.78 is 0. The van der Waals surface area contributed by atoms with Crippen LogP contribution < -0.4 is 0 Å². The van der Waals surface area contributed by atoms with Crippen LogP contribution in [0.3, 0.4) is 0 Å². The molecule has 2 N–H and O–H groups in total. The van der Waals surface area contributed by atoms with Crippen molar-refractivity contribution in [2.24, 2.45) is 16.7 Å². The average Bonchev–Trinajstić information content (AvgIpc) is 2.26. The number of rotatable bonds is 0. The fraction of sp³-hybridized carbons (Fsp3) is 1.00. The van der Waals surface area contributed by atoms with Gasteiger partial charge in [0.1, 0.15) is 0 Å². The molecule has 0 radical (unpaired) electrons. The molecule has 0 aromatic carbocycles. The van der Waals surface area contributed by atoms with Crippen LogP contribution in [-0.2, 0) is 0 Å². The Labute approximate surface area is 80.0 Å². The van der Waals surface area contributed by atoms with Gasteiger partial charge in [0.2, 0.25) is 0 Å². The lowest BCUT2D eigenvalue weighted by atomic mass is 9.65. The second-order valence-corrected chi connectivity index (χ2v) is 5.79. The third-order valence-electron chi connectivity index (χ3n) is 5.38. The van der Waals surface area contributed by atoms with Crippen molar-refractivity contribution in [3.8, 4) is 0 Å². The molecule has 13 heavy (non-hydrogen) atoms. The number of hydrogen-bond donors (Lipinski definition) is 2. The molecule has 2 rings (SSSR count). The molecule has 0 aromatic rings. The van der Waals surface area contributed by atoms with Crippen molar-refractivity contribution in [3.63, 3.8) is 0 Å². The SMILES string of the molecule is CC1(C)[C@H]2CC[C@@]1(C)[C@](C)(O)[C@H]2O. The lowest BCUT2D eigenvalue weighted by molar-refractivity contribution is -0.134. The Morgan fingerprint density at radius 2 is 1.69 bits per heavy atom. The minimum atomic E-state index is -0.903. The lowest BCUT2D eigenvalue weighted by Gasteiger charge is -2.44. The molecule has 0 amide bonds. The third kappa shape index (κ3) is 0.736. The summed E-state index contributed by atoms with van der Waals surface area (Å²) in [7, 11) is 0. The fourth-order valence-corrected chi connectivity index (χ4v) is 3.71. The van der Waals surface area contributed by atoms with Crippen molar-refractivity contribution in [1.82, 2.24) is 0 Å². The van der Waals surface area contributed by atoms with Gasteiger partial charge in [0.05, 0.1) is 11.7 Å². The molecule has 0 aromatic heterocycles. The van der Waals surface area contributed by atoms with E-state index < -0.39 is 11.7 Å². The van der Waals surface area contributed by atoms with Gasteiger partial charge in [-0.15, -0.1) is 0 Å². The molecule has 2 fully saturated rings. The van der Waals surface area contributed by atoms with Gasteiger partial charge in [-0.25, -0.2) is 0 Å². The molecule has 2 heteroatoms.